The molecule has 1 saturated heterocycles. The molecule has 1 aliphatic rings. The molecule has 0 radical (unpaired) electrons. The second-order valence-corrected chi connectivity index (χ2v) is 8.57. The molecule has 6 nitrogen and oxygen atoms in total. The molecule has 1 fully saturated rings. The van der Waals surface area contributed by atoms with Crippen molar-refractivity contribution < 1.29 is 9.59 Å². The second kappa shape index (κ2) is 9.47. The summed E-state index contributed by atoms with van der Waals surface area (Å²) in [6.07, 6.45) is 2.30. The molecule has 160 valence electrons. The largest absolute Gasteiger partial charge is 0.383 e. The molecule has 7 heteroatoms. The molecule has 0 bridgehead atoms. The number of halogens is 1. The van der Waals surface area contributed by atoms with E-state index in [9.17, 15) is 9.59 Å². The summed E-state index contributed by atoms with van der Waals surface area (Å²) in [6.45, 7) is 3.34. The van der Waals surface area contributed by atoms with Crippen LogP contribution in [0.1, 0.15) is 47.3 Å². The highest BCUT2D eigenvalue weighted by Crippen LogP contribution is 2.29. The smallest absolute Gasteiger partial charge is 0.257 e. The quantitative estimate of drug-likeness (QED) is 0.788. The Kier molecular flexibility index (Phi) is 6.98. The number of benzene rings is 1. The predicted molar refractivity (Wildman–Crippen MR) is 120 cm³/mol. The molecule has 30 heavy (non-hydrogen) atoms. The Morgan fingerprint density at radius 3 is 2.47 bits per heavy atom. The third kappa shape index (κ3) is 4.93. The van der Waals surface area contributed by atoms with Crippen LogP contribution >= 0.6 is 11.6 Å². The van der Waals surface area contributed by atoms with Crippen LogP contribution in [0.5, 0.6) is 0 Å². The SMILES string of the molecule is C[C@H](Cc1ccccc1Cl)C(=O)N1CCC(c2ccc(C(=O)N(C)C)c(N)n2)CC1. The zero-order valence-electron chi connectivity index (χ0n) is 17.8. The van der Waals surface area contributed by atoms with Crippen LogP contribution in [0.3, 0.4) is 0 Å². The van der Waals surface area contributed by atoms with Gasteiger partial charge in [0.2, 0.25) is 5.91 Å². The van der Waals surface area contributed by atoms with Gasteiger partial charge in [-0.15, -0.1) is 0 Å². The van der Waals surface area contributed by atoms with E-state index in [2.05, 4.69) is 4.98 Å². The summed E-state index contributed by atoms with van der Waals surface area (Å²) in [6, 6.07) is 11.3. The summed E-state index contributed by atoms with van der Waals surface area (Å²) >= 11 is 6.24. The maximum atomic E-state index is 12.9. The number of carbonyl (C=O) groups is 2. The van der Waals surface area contributed by atoms with E-state index >= 15 is 0 Å². The van der Waals surface area contributed by atoms with Crippen LogP contribution in [-0.4, -0.2) is 53.8 Å². The van der Waals surface area contributed by atoms with Gasteiger partial charge in [-0.05, 0) is 43.0 Å². The van der Waals surface area contributed by atoms with E-state index < -0.39 is 0 Å². The summed E-state index contributed by atoms with van der Waals surface area (Å²) in [4.78, 5) is 32.9. The number of nitrogens with zero attached hydrogens (tertiary/aromatic N) is 3. The summed E-state index contributed by atoms with van der Waals surface area (Å²) in [5, 5.41) is 0.704. The van der Waals surface area contributed by atoms with Crippen molar-refractivity contribution in [3.8, 4) is 0 Å². The van der Waals surface area contributed by atoms with Crippen LogP contribution < -0.4 is 5.73 Å². The zero-order chi connectivity index (χ0) is 21.8. The van der Waals surface area contributed by atoms with Crippen LogP contribution in [0.25, 0.3) is 0 Å². The van der Waals surface area contributed by atoms with E-state index in [1.807, 2.05) is 42.2 Å². The van der Waals surface area contributed by atoms with Gasteiger partial charge in [-0.1, -0.05) is 36.7 Å². The normalized spacial score (nSPS) is 15.7. The summed E-state index contributed by atoms with van der Waals surface area (Å²) < 4.78 is 0. The molecule has 3 rings (SSSR count). The zero-order valence-corrected chi connectivity index (χ0v) is 18.5. The highest BCUT2D eigenvalue weighted by Gasteiger charge is 2.28. The fourth-order valence-electron chi connectivity index (χ4n) is 3.93. The van der Waals surface area contributed by atoms with E-state index in [0.717, 1.165) is 24.1 Å². The number of pyridine rings is 1. The van der Waals surface area contributed by atoms with Crippen molar-refractivity contribution in [2.24, 2.45) is 5.92 Å². The molecule has 1 aromatic heterocycles. The maximum Gasteiger partial charge on any atom is 0.257 e. The highest BCUT2D eigenvalue weighted by atomic mass is 35.5. The molecule has 1 aromatic carbocycles. The molecule has 2 amide bonds. The van der Waals surface area contributed by atoms with Crippen molar-refractivity contribution in [1.29, 1.82) is 0 Å². The molecular weight excluding hydrogens is 400 g/mol. The third-order valence-electron chi connectivity index (χ3n) is 5.71. The van der Waals surface area contributed by atoms with Gasteiger partial charge in [0.1, 0.15) is 5.82 Å². The number of nitrogen functional groups attached to an aromatic ring is 1. The standard InChI is InChI=1S/C23H29ClN4O2/c1-15(14-17-6-4-5-7-19(17)24)22(29)28-12-10-16(11-13-28)20-9-8-18(21(25)26-20)23(30)27(2)3/h4-9,15-16H,10-14H2,1-3H3,(H2,25,26)/t15-/m1/s1. The minimum Gasteiger partial charge on any atom is -0.383 e. The number of amides is 2. The van der Waals surface area contributed by atoms with Gasteiger partial charge in [-0.25, -0.2) is 4.98 Å². The first kappa shape index (κ1) is 22.1. The molecule has 0 aliphatic carbocycles. The lowest BCUT2D eigenvalue weighted by Gasteiger charge is -2.33. The fraction of sp³-hybridized carbons (Fsp3) is 0.435. The first-order chi connectivity index (χ1) is 14.3. The number of anilines is 1. The number of hydrogen-bond acceptors (Lipinski definition) is 4. The van der Waals surface area contributed by atoms with E-state index in [-0.39, 0.29) is 29.5 Å². The lowest BCUT2D eigenvalue weighted by molar-refractivity contribution is -0.136. The Balaban J connectivity index is 1.59. The highest BCUT2D eigenvalue weighted by molar-refractivity contribution is 6.31. The Bertz CT molecular complexity index is 923. The Labute approximate surface area is 183 Å². The van der Waals surface area contributed by atoms with E-state index in [1.165, 1.54) is 4.90 Å². The van der Waals surface area contributed by atoms with Gasteiger partial charge in [0.05, 0.1) is 5.56 Å². The van der Waals surface area contributed by atoms with Gasteiger partial charge in [-0.3, -0.25) is 9.59 Å². The van der Waals surface area contributed by atoms with Crippen molar-refractivity contribution in [3.05, 3.63) is 58.2 Å². The van der Waals surface area contributed by atoms with Crippen molar-refractivity contribution in [1.82, 2.24) is 14.8 Å². The van der Waals surface area contributed by atoms with Gasteiger partial charge >= 0.3 is 0 Å². The predicted octanol–water partition coefficient (Wildman–Crippen LogP) is 3.60. The van der Waals surface area contributed by atoms with E-state index in [4.69, 9.17) is 17.3 Å². The van der Waals surface area contributed by atoms with Crippen LogP contribution in [0.15, 0.2) is 36.4 Å². The van der Waals surface area contributed by atoms with Crippen molar-refractivity contribution in [2.75, 3.05) is 32.9 Å². The molecule has 1 aliphatic heterocycles. The molecule has 0 unspecified atom stereocenters. The average molecular weight is 429 g/mol. The Hall–Kier alpha value is -2.60. The summed E-state index contributed by atoms with van der Waals surface area (Å²) in [5.74, 6) is 0.385. The molecule has 0 saturated carbocycles. The average Bonchev–Trinajstić information content (AvgIpc) is 2.74. The number of likely N-dealkylation sites (tertiary alicyclic amines) is 1. The molecule has 1 atom stereocenters. The first-order valence-corrected chi connectivity index (χ1v) is 10.7. The molecule has 2 aromatic rings. The lowest BCUT2D eigenvalue weighted by Crippen LogP contribution is -2.41. The topological polar surface area (TPSA) is 79.5 Å². The summed E-state index contributed by atoms with van der Waals surface area (Å²) in [7, 11) is 3.38. The van der Waals surface area contributed by atoms with Crippen molar-refractivity contribution >= 4 is 29.2 Å². The molecular formula is C23H29ClN4O2. The number of nitrogens with two attached hydrogens (primary N) is 1. The number of aromatic nitrogens is 1. The van der Waals surface area contributed by atoms with E-state index in [1.54, 1.807) is 20.2 Å². The Morgan fingerprint density at radius 1 is 1.20 bits per heavy atom. The Morgan fingerprint density at radius 2 is 1.87 bits per heavy atom. The van der Waals surface area contributed by atoms with Crippen LogP contribution in [0, 0.1) is 5.92 Å². The van der Waals surface area contributed by atoms with Crippen molar-refractivity contribution in [2.45, 2.75) is 32.1 Å². The van der Waals surface area contributed by atoms with Gasteiger partial charge in [-0.2, -0.15) is 0 Å². The minimum absolute atomic E-state index is 0.119. The van der Waals surface area contributed by atoms with Gasteiger partial charge in [0, 0.05) is 49.7 Å². The van der Waals surface area contributed by atoms with E-state index in [0.29, 0.717) is 30.1 Å². The van der Waals surface area contributed by atoms with Gasteiger partial charge in [0.15, 0.2) is 0 Å². The summed E-state index contributed by atoms with van der Waals surface area (Å²) in [5.41, 5.74) is 8.34. The fourth-order valence-corrected chi connectivity index (χ4v) is 4.14. The van der Waals surface area contributed by atoms with Crippen molar-refractivity contribution in [3.63, 3.8) is 0 Å². The molecule has 2 heterocycles. The monoisotopic (exact) mass is 428 g/mol. The third-order valence-corrected chi connectivity index (χ3v) is 6.08. The molecule has 2 N–H and O–H groups in total. The first-order valence-electron chi connectivity index (χ1n) is 10.3. The minimum atomic E-state index is -0.153. The van der Waals surface area contributed by atoms with Gasteiger partial charge in [0.25, 0.3) is 5.91 Å². The van der Waals surface area contributed by atoms with Crippen LogP contribution in [0.2, 0.25) is 5.02 Å². The maximum absolute atomic E-state index is 12.9. The number of piperidine rings is 1. The van der Waals surface area contributed by atoms with Gasteiger partial charge < -0.3 is 15.5 Å². The lowest BCUT2D eigenvalue weighted by atomic mass is 9.91. The van der Waals surface area contributed by atoms with Crippen LogP contribution in [-0.2, 0) is 11.2 Å². The van der Waals surface area contributed by atoms with Crippen LogP contribution in [0.4, 0.5) is 5.82 Å². The number of carbonyl (C=O) groups excluding carboxylic acids is 2. The molecule has 0 spiro atoms. The number of rotatable bonds is 5. The number of hydrogen-bond donors (Lipinski definition) is 1. The second-order valence-electron chi connectivity index (χ2n) is 8.16.